The van der Waals surface area contributed by atoms with E-state index in [4.69, 9.17) is 4.42 Å². The predicted molar refractivity (Wildman–Crippen MR) is 53.3 cm³/mol. The molecule has 5 heteroatoms. The largest absolute Gasteiger partial charge is 1.00 e. The van der Waals surface area contributed by atoms with Crippen molar-refractivity contribution in [2.45, 2.75) is 0 Å². The molecule has 0 aliphatic rings. The number of halogens is 1. The minimum atomic E-state index is -0.221. The van der Waals surface area contributed by atoms with Crippen molar-refractivity contribution in [2.75, 3.05) is 20.6 Å². The summed E-state index contributed by atoms with van der Waals surface area (Å²) in [7, 11) is 3.76. The molecule has 0 saturated heterocycles. The van der Waals surface area contributed by atoms with Gasteiger partial charge in [0.25, 0.3) is 0 Å². The summed E-state index contributed by atoms with van der Waals surface area (Å²) >= 11 is 0. The Morgan fingerprint density at radius 2 is 2.33 bits per heavy atom. The van der Waals surface area contributed by atoms with Gasteiger partial charge >= 0.3 is 5.91 Å². The van der Waals surface area contributed by atoms with E-state index >= 15 is 0 Å². The van der Waals surface area contributed by atoms with Crippen LogP contribution in [0.25, 0.3) is 0 Å². The number of furan rings is 1. The lowest BCUT2D eigenvalue weighted by Crippen LogP contribution is -3.00. The zero-order valence-corrected chi connectivity index (χ0v) is 10.5. The van der Waals surface area contributed by atoms with E-state index in [9.17, 15) is 4.79 Å². The molecule has 0 aliphatic heterocycles. The van der Waals surface area contributed by atoms with Gasteiger partial charge < -0.3 is 21.4 Å². The highest BCUT2D eigenvalue weighted by Gasteiger charge is 2.19. The third kappa shape index (κ3) is 4.31. The molecule has 0 bridgehead atoms. The highest BCUT2D eigenvalue weighted by Crippen LogP contribution is 2.01. The number of nitrogens with zero attached hydrogens (tertiary/aromatic N) is 1. The third-order valence-corrected chi connectivity index (χ3v) is 1.73. The van der Waals surface area contributed by atoms with Crippen molar-refractivity contribution < 1.29 is 30.8 Å². The van der Waals surface area contributed by atoms with Crippen LogP contribution in [-0.4, -0.2) is 31.1 Å². The van der Waals surface area contributed by atoms with Crippen molar-refractivity contribution in [3.8, 4) is 0 Å². The van der Waals surface area contributed by atoms with Gasteiger partial charge in [0.05, 0.1) is 20.4 Å². The minimum Gasteiger partial charge on any atom is -1.00 e. The van der Waals surface area contributed by atoms with Crippen LogP contribution in [0.4, 0.5) is 0 Å². The van der Waals surface area contributed by atoms with Crippen LogP contribution in [0, 0.1) is 0 Å². The molecule has 4 nitrogen and oxygen atoms in total. The van der Waals surface area contributed by atoms with Gasteiger partial charge in [-0.05, 0) is 18.2 Å². The van der Waals surface area contributed by atoms with Crippen molar-refractivity contribution in [2.24, 2.45) is 0 Å². The van der Waals surface area contributed by atoms with Gasteiger partial charge in [-0.15, -0.1) is 0 Å². The number of amides is 1. The van der Waals surface area contributed by atoms with Crippen LogP contribution in [0.3, 0.4) is 0 Å². The third-order valence-electron chi connectivity index (χ3n) is 1.73. The van der Waals surface area contributed by atoms with Crippen LogP contribution in [0.15, 0.2) is 35.5 Å². The van der Waals surface area contributed by atoms with E-state index in [0.29, 0.717) is 16.9 Å². The maximum atomic E-state index is 11.5. The summed E-state index contributed by atoms with van der Waals surface area (Å²) < 4.78 is 5.32. The van der Waals surface area contributed by atoms with Crippen LogP contribution >= 0.6 is 0 Å². The maximum absolute atomic E-state index is 11.5. The van der Waals surface area contributed by atoms with Gasteiger partial charge in [0, 0.05) is 0 Å². The fourth-order valence-electron chi connectivity index (χ4n) is 1.11. The maximum Gasteiger partial charge on any atom is 0.331 e. The lowest BCUT2D eigenvalue weighted by atomic mass is 10.4. The van der Waals surface area contributed by atoms with Gasteiger partial charge in [-0.1, -0.05) is 6.58 Å². The standard InChI is InChI=1S/C10H14N2O2.BrH/c1-4-7-12(2,3)11-10(13)9-6-5-8-14-9;/h4-6,8H,1,7H2,2-3H3;1H. The number of carbonyl (C=O) groups is 1. The summed E-state index contributed by atoms with van der Waals surface area (Å²) in [5.74, 6) is 0.0992. The zero-order valence-electron chi connectivity index (χ0n) is 8.87. The van der Waals surface area contributed by atoms with E-state index in [1.807, 2.05) is 14.1 Å². The Bertz CT molecular complexity index is 320. The molecule has 0 fully saturated rings. The van der Waals surface area contributed by atoms with E-state index in [-0.39, 0.29) is 22.9 Å². The second kappa shape index (κ2) is 5.72. The van der Waals surface area contributed by atoms with E-state index in [2.05, 4.69) is 12.0 Å². The molecule has 0 aromatic carbocycles. The Hall–Kier alpha value is -1.07. The lowest BCUT2D eigenvalue weighted by molar-refractivity contribution is -0.919. The molecule has 1 aromatic heterocycles. The van der Waals surface area contributed by atoms with Crippen molar-refractivity contribution in [1.29, 1.82) is 0 Å². The van der Waals surface area contributed by atoms with Gasteiger partial charge in [0.15, 0.2) is 5.76 Å². The summed E-state index contributed by atoms with van der Waals surface area (Å²) in [6.45, 7) is 4.28. The molecule has 0 atom stereocenters. The molecule has 0 aliphatic carbocycles. The fraction of sp³-hybridized carbons (Fsp3) is 0.300. The highest BCUT2D eigenvalue weighted by molar-refractivity contribution is 5.90. The number of hydrogen-bond acceptors (Lipinski definition) is 2. The predicted octanol–water partition coefficient (Wildman–Crippen LogP) is -1.81. The van der Waals surface area contributed by atoms with Crippen LogP contribution in [0.5, 0.6) is 0 Å². The minimum absolute atomic E-state index is 0. The van der Waals surface area contributed by atoms with Crippen molar-refractivity contribution in [1.82, 2.24) is 5.43 Å². The summed E-state index contributed by atoms with van der Waals surface area (Å²) in [6.07, 6.45) is 3.23. The SMILES string of the molecule is C=CC[N+](C)(C)NC(=O)c1ccco1.[Br-]. The molecule has 0 unspecified atom stereocenters. The van der Waals surface area contributed by atoms with Crippen molar-refractivity contribution >= 4 is 5.91 Å². The Morgan fingerprint density at radius 3 is 2.80 bits per heavy atom. The quantitative estimate of drug-likeness (QED) is 0.400. The average molecular weight is 275 g/mol. The smallest absolute Gasteiger partial charge is 0.331 e. The van der Waals surface area contributed by atoms with Crippen molar-refractivity contribution in [3.63, 3.8) is 0 Å². The number of likely N-dealkylation sites (N-methyl/N-ethyl adjacent to an activating group) is 1. The Labute approximate surface area is 99.9 Å². The highest BCUT2D eigenvalue weighted by atomic mass is 79.9. The van der Waals surface area contributed by atoms with Crippen LogP contribution in [0.2, 0.25) is 0 Å². The summed E-state index contributed by atoms with van der Waals surface area (Å²) in [6, 6.07) is 3.31. The van der Waals surface area contributed by atoms with Crippen molar-refractivity contribution in [3.05, 3.63) is 36.8 Å². The van der Waals surface area contributed by atoms with Crippen LogP contribution in [0.1, 0.15) is 10.6 Å². The first kappa shape index (κ1) is 13.9. The fourth-order valence-corrected chi connectivity index (χ4v) is 1.11. The molecular formula is C10H15BrN2O2. The Kier molecular flexibility index (Phi) is 5.32. The first-order chi connectivity index (χ1) is 6.55. The van der Waals surface area contributed by atoms with Gasteiger partial charge in [0.1, 0.15) is 6.54 Å². The molecule has 0 saturated carbocycles. The van der Waals surface area contributed by atoms with Crippen LogP contribution < -0.4 is 22.4 Å². The first-order valence-electron chi connectivity index (χ1n) is 4.35. The van der Waals surface area contributed by atoms with E-state index in [1.165, 1.54) is 6.26 Å². The molecule has 15 heavy (non-hydrogen) atoms. The number of quaternary nitrogens is 1. The molecule has 84 valence electrons. The number of carbonyl (C=O) groups excluding carboxylic acids is 1. The number of rotatable bonds is 4. The topological polar surface area (TPSA) is 42.2 Å². The van der Waals surface area contributed by atoms with Crippen LogP contribution in [-0.2, 0) is 0 Å². The number of nitrogens with one attached hydrogen (secondary N) is 1. The molecule has 0 spiro atoms. The molecule has 1 amide bonds. The zero-order chi connectivity index (χ0) is 10.6. The molecular weight excluding hydrogens is 260 g/mol. The summed E-state index contributed by atoms with van der Waals surface area (Å²) in [5.41, 5.74) is 2.79. The second-order valence-electron chi connectivity index (χ2n) is 3.57. The normalized spacial score (nSPS) is 10.3. The van der Waals surface area contributed by atoms with Gasteiger partial charge in [-0.3, -0.25) is 4.79 Å². The van der Waals surface area contributed by atoms with E-state index in [0.717, 1.165) is 0 Å². The van der Waals surface area contributed by atoms with Gasteiger partial charge in [-0.2, -0.15) is 5.43 Å². The molecule has 1 aromatic rings. The average Bonchev–Trinajstić information content (AvgIpc) is 2.53. The monoisotopic (exact) mass is 274 g/mol. The number of hydrogen-bond donors (Lipinski definition) is 1. The van der Waals surface area contributed by atoms with E-state index in [1.54, 1.807) is 18.2 Å². The van der Waals surface area contributed by atoms with Gasteiger partial charge in [0.2, 0.25) is 0 Å². The molecule has 0 radical (unpaired) electrons. The Morgan fingerprint density at radius 1 is 1.67 bits per heavy atom. The van der Waals surface area contributed by atoms with Gasteiger partial charge in [-0.25, -0.2) is 4.59 Å². The molecule has 1 heterocycles. The molecule has 1 N–H and O–H groups in total. The first-order valence-corrected chi connectivity index (χ1v) is 4.35. The summed E-state index contributed by atoms with van der Waals surface area (Å²) in [4.78, 5) is 11.5. The Balaban J connectivity index is 0.00000196. The molecule has 1 rings (SSSR count). The van der Waals surface area contributed by atoms with E-state index < -0.39 is 0 Å². The second-order valence-corrected chi connectivity index (χ2v) is 3.57. The lowest BCUT2D eigenvalue weighted by Gasteiger charge is -2.26. The summed E-state index contributed by atoms with van der Waals surface area (Å²) in [5, 5.41) is 0.